The Balaban J connectivity index is 2.27. The van der Waals surface area contributed by atoms with Gasteiger partial charge in [-0.05, 0) is 25.1 Å². The van der Waals surface area contributed by atoms with Crippen molar-refractivity contribution in [2.45, 2.75) is 13.0 Å². The lowest BCUT2D eigenvalue weighted by atomic mass is 10.1. The molecular formula is C14H15N3O3. The molecule has 0 spiro atoms. The fourth-order valence-corrected chi connectivity index (χ4v) is 1.80. The number of ether oxygens (including phenoxy) is 1. The van der Waals surface area contributed by atoms with E-state index in [1.165, 1.54) is 19.2 Å². The largest absolute Gasteiger partial charge is 0.495 e. The van der Waals surface area contributed by atoms with Crippen LogP contribution in [0.2, 0.25) is 0 Å². The van der Waals surface area contributed by atoms with E-state index >= 15 is 0 Å². The molecule has 0 saturated carbocycles. The number of aromatic nitrogens is 2. The van der Waals surface area contributed by atoms with Gasteiger partial charge in [0.15, 0.2) is 0 Å². The SMILES string of the molecule is COc1ccc(C(=O)O)cc1NC(C)c1cnccn1. The van der Waals surface area contributed by atoms with E-state index in [2.05, 4.69) is 15.3 Å². The van der Waals surface area contributed by atoms with Crippen molar-refractivity contribution in [1.82, 2.24) is 9.97 Å². The van der Waals surface area contributed by atoms with Gasteiger partial charge < -0.3 is 15.2 Å². The second-order valence-electron chi connectivity index (χ2n) is 4.22. The molecule has 0 fully saturated rings. The Hall–Kier alpha value is -2.63. The van der Waals surface area contributed by atoms with Crippen molar-refractivity contribution in [2.24, 2.45) is 0 Å². The quantitative estimate of drug-likeness (QED) is 0.870. The third-order valence-corrected chi connectivity index (χ3v) is 2.85. The van der Waals surface area contributed by atoms with E-state index in [0.717, 1.165) is 5.69 Å². The summed E-state index contributed by atoms with van der Waals surface area (Å²) in [6.07, 6.45) is 4.87. The van der Waals surface area contributed by atoms with E-state index in [0.29, 0.717) is 11.4 Å². The second kappa shape index (κ2) is 6.01. The molecule has 2 N–H and O–H groups in total. The van der Waals surface area contributed by atoms with Crippen molar-refractivity contribution in [2.75, 3.05) is 12.4 Å². The Kier molecular flexibility index (Phi) is 4.14. The summed E-state index contributed by atoms with van der Waals surface area (Å²) in [7, 11) is 1.54. The third kappa shape index (κ3) is 3.03. The Labute approximate surface area is 116 Å². The number of carboxylic acids is 1. The van der Waals surface area contributed by atoms with Gasteiger partial charge >= 0.3 is 5.97 Å². The maximum atomic E-state index is 11.0. The Bertz CT molecular complexity index is 602. The second-order valence-corrected chi connectivity index (χ2v) is 4.22. The minimum absolute atomic E-state index is 0.123. The molecule has 0 amide bonds. The smallest absolute Gasteiger partial charge is 0.335 e. The van der Waals surface area contributed by atoms with Gasteiger partial charge in [-0.3, -0.25) is 9.97 Å². The van der Waals surface area contributed by atoms with Crippen molar-refractivity contribution in [3.8, 4) is 5.75 Å². The van der Waals surface area contributed by atoms with E-state index < -0.39 is 5.97 Å². The van der Waals surface area contributed by atoms with Crippen LogP contribution in [0, 0.1) is 0 Å². The molecule has 6 heteroatoms. The molecule has 0 aliphatic heterocycles. The Morgan fingerprint density at radius 1 is 1.40 bits per heavy atom. The van der Waals surface area contributed by atoms with Gasteiger partial charge in [0, 0.05) is 12.4 Å². The molecule has 20 heavy (non-hydrogen) atoms. The van der Waals surface area contributed by atoms with Crippen LogP contribution in [-0.4, -0.2) is 28.2 Å². The molecule has 0 aliphatic rings. The van der Waals surface area contributed by atoms with Crippen molar-refractivity contribution >= 4 is 11.7 Å². The molecule has 0 aliphatic carbocycles. The van der Waals surface area contributed by atoms with Crippen LogP contribution < -0.4 is 10.1 Å². The highest BCUT2D eigenvalue weighted by molar-refractivity contribution is 5.89. The molecular weight excluding hydrogens is 258 g/mol. The number of carbonyl (C=O) groups is 1. The summed E-state index contributed by atoms with van der Waals surface area (Å²) in [5.41, 5.74) is 1.56. The fourth-order valence-electron chi connectivity index (χ4n) is 1.80. The van der Waals surface area contributed by atoms with Gasteiger partial charge in [-0.15, -0.1) is 0 Å². The molecule has 0 bridgehead atoms. The van der Waals surface area contributed by atoms with Gasteiger partial charge in [-0.2, -0.15) is 0 Å². The van der Waals surface area contributed by atoms with Crippen LogP contribution in [0.15, 0.2) is 36.8 Å². The molecule has 2 rings (SSSR count). The molecule has 6 nitrogen and oxygen atoms in total. The molecule has 1 atom stereocenters. The first-order chi connectivity index (χ1) is 9.61. The molecule has 104 valence electrons. The maximum absolute atomic E-state index is 11.0. The zero-order chi connectivity index (χ0) is 14.5. The predicted octanol–water partition coefficient (Wildman–Crippen LogP) is 2.36. The zero-order valence-corrected chi connectivity index (χ0v) is 11.2. The molecule has 2 aromatic rings. The summed E-state index contributed by atoms with van der Waals surface area (Å²) in [5.74, 6) is -0.409. The summed E-state index contributed by atoms with van der Waals surface area (Å²) in [4.78, 5) is 19.2. The minimum atomic E-state index is -0.983. The molecule has 0 radical (unpaired) electrons. The topological polar surface area (TPSA) is 84.3 Å². The van der Waals surface area contributed by atoms with Gasteiger partial charge in [0.05, 0.1) is 36.3 Å². The van der Waals surface area contributed by atoms with Gasteiger partial charge in [-0.1, -0.05) is 0 Å². The number of nitrogens with zero attached hydrogens (tertiary/aromatic N) is 2. The van der Waals surface area contributed by atoms with Gasteiger partial charge in [0.2, 0.25) is 0 Å². The summed E-state index contributed by atoms with van der Waals surface area (Å²) >= 11 is 0. The number of nitrogens with one attached hydrogen (secondary N) is 1. The zero-order valence-electron chi connectivity index (χ0n) is 11.2. The van der Waals surface area contributed by atoms with Crippen molar-refractivity contribution in [3.05, 3.63) is 48.0 Å². The highest BCUT2D eigenvalue weighted by atomic mass is 16.5. The highest BCUT2D eigenvalue weighted by Gasteiger charge is 2.13. The first kappa shape index (κ1) is 13.8. The number of anilines is 1. The molecule has 1 unspecified atom stereocenters. The number of methoxy groups -OCH3 is 1. The van der Waals surface area contributed by atoms with Crippen molar-refractivity contribution in [3.63, 3.8) is 0 Å². The fraction of sp³-hybridized carbons (Fsp3) is 0.214. The Morgan fingerprint density at radius 2 is 2.20 bits per heavy atom. The van der Waals surface area contributed by atoms with Crippen LogP contribution >= 0.6 is 0 Å². The van der Waals surface area contributed by atoms with Crippen LogP contribution in [0.4, 0.5) is 5.69 Å². The number of benzene rings is 1. The predicted molar refractivity (Wildman–Crippen MR) is 74.0 cm³/mol. The number of aromatic carboxylic acids is 1. The third-order valence-electron chi connectivity index (χ3n) is 2.85. The Morgan fingerprint density at radius 3 is 2.80 bits per heavy atom. The van der Waals surface area contributed by atoms with Crippen molar-refractivity contribution < 1.29 is 14.6 Å². The normalized spacial score (nSPS) is 11.7. The number of carboxylic acid groups (broad SMARTS) is 1. The molecule has 1 aromatic heterocycles. The first-order valence-electron chi connectivity index (χ1n) is 6.05. The summed E-state index contributed by atoms with van der Waals surface area (Å²) in [6, 6.07) is 4.53. The van der Waals surface area contributed by atoms with Crippen LogP contribution in [0.25, 0.3) is 0 Å². The van der Waals surface area contributed by atoms with Crippen LogP contribution in [-0.2, 0) is 0 Å². The number of hydrogen-bond donors (Lipinski definition) is 2. The number of hydrogen-bond acceptors (Lipinski definition) is 5. The summed E-state index contributed by atoms with van der Waals surface area (Å²) in [6.45, 7) is 1.91. The lowest BCUT2D eigenvalue weighted by Gasteiger charge is -2.17. The highest BCUT2D eigenvalue weighted by Crippen LogP contribution is 2.28. The van der Waals surface area contributed by atoms with Gasteiger partial charge in [0.1, 0.15) is 5.75 Å². The average Bonchev–Trinajstić information content (AvgIpc) is 2.48. The van der Waals surface area contributed by atoms with E-state index in [1.807, 2.05) is 6.92 Å². The molecule has 0 saturated heterocycles. The van der Waals surface area contributed by atoms with Gasteiger partial charge in [-0.25, -0.2) is 4.79 Å². The van der Waals surface area contributed by atoms with E-state index in [4.69, 9.17) is 9.84 Å². The van der Waals surface area contributed by atoms with Crippen LogP contribution in [0.3, 0.4) is 0 Å². The standard InChI is InChI=1S/C14H15N3O3/c1-9(12-8-15-5-6-16-12)17-11-7-10(14(18)19)3-4-13(11)20-2/h3-9,17H,1-2H3,(H,18,19). The molecule has 1 heterocycles. The van der Waals surface area contributed by atoms with E-state index in [-0.39, 0.29) is 11.6 Å². The summed E-state index contributed by atoms with van der Waals surface area (Å²) < 4.78 is 5.23. The average molecular weight is 273 g/mol. The van der Waals surface area contributed by atoms with Crippen LogP contribution in [0.1, 0.15) is 29.0 Å². The van der Waals surface area contributed by atoms with E-state index in [9.17, 15) is 4.79 Å². The molecule has 1 aromatic carbocycles. The maximum Gasteiger partial charge on any atom is 0.335 e. The lowest BCUT2D eigenvalue weighted by molar-refractivity contribution is 0.0697. The minimum Gasteiger partial charge on any atom is -0.495 e. The van der Waals surface area contributed by atoms with E-state index in [1.54, 1.807) is 24.7 Å². The summed E-state index contributed by atoms with van der Waals surface area (Å²) in [5, 5.41) is 12.2. The number of rotatable bonds is 5. The monoisotopic (exact) mass is 273 g/mol. The first-order valence-corrected chi connectivity index (χ1v) is 6.05. The van der Waals surface area contributed by atoms with Gasteiger partial charge in [0.25, 0.3) is 0 Å². The van der Waals surface area contributed by atoms with Crippen molar-refractivity contribution in [1.29, 1.82) is 0 Å². The lowest BCUT2D eigenvalue weighted by Crippen LogP contribution is -2.10. The van der Waals surface area contributed by atoms with Crippen LogP contribution in [0.5, 0.6) is 5.75 Å².